The van der Waals surface area contributed by atoms with Crippen LogP contribution in [0.25, 0.3) is 10.9 Å². The van der Waals surface area contributed by atoms with Gasteiger partial charge in [-0.15, -0.1) is 10.2 Å². The summed E-state index contributed by atoms with van der Waals surface area (Å²) in [5, 5.41) is 17.5. The highest BCUT2D eigenvalue weighted by molar-refractivity contribution is 9.10. The van der Waals surface area contributed by atoms with Crippen LogP contribution in [-0.2, 0) is 4.79 Å². The van der Waals surface area contributed by atoms with Crippen LogP contribution in [0.4, 0.5) is 10.1 Å². The van der Waals surface area contributed by atoms with E-state index >= 15 is 0 Å². The summed E-state index contributed by atoms with van der Waals surface area (Å²) in [6.07, 6.45) is 0. The molecule has 26 heavy (non-hydrogen) atoms. The predicted molar refractivity (Wildman–Crippen MR) is 98.6 cm³/mol. The standard InChI is InChI=1S/C18H15BrFN3O3/c1-9-3-4-12(5-10(9)2)26-8-15(24)22-23-17-13-6-11(20)7-14(19)16(13)21-18(17)25/h3-7,21,25H,8H2,1-2H3. The Morgan fingerprint density at radius 3 is 2.77 bits per heavy atom. The number of aromatic hydroxyl groups is 1. The van der Waals surface area contributed by atoms with E-state index in [-0.39, 0.29) is 18.2 Å². The summed E-state index contributed by atoms with van der Waals surface area (Å²) >= 11 is 3.20. The Hall–Kier alpha value is -2.74. The number of aromatic amines is 1. The second-order valence-electron chi connectivity index (χ2n) is 5.76. The molecule has 0 radical (unpaired) electrons. The lowest BCUT2D eigenvalue weighted by Crippen LogP contribution is -2.08. The Morgan fingerprint density at radius 2 is 2.04 bits per heavy atom. The van der Waals surface area contributed by atoms with Crippen LogP contribution in [0.3, 0.4) is 0 Å². The number of benzene rings is 2. The predicted octanol–water partition coefficient (Wildman–Crippen LogP) is 5.08. The van der Waals surface area contributed by atoms with E-state index < -0.39 is 11.7 Å². The van der Waals surface area contributed by atoms with Gasteiger partial charge in [0, 0.05) is 9.86 Å². The number of hydrogen-bond acceptors (Lipinski definition) is 4. The zero-order valence-electron chi connectivity index (χ0n) is 14.0. The lowest BCUT2D eigenvalue weighted by Gasteiger charge is -2.05. The van der Waals surface area contributed by atoms with Gasteiger partial charge < -0.3 is 14.8 Å². The SMILES string of the molecule is Cc1ccc(OCC(=O)N=Nc2c(O)[nH]c3c(Br)cc(F)cc23)cc1C. The van der Waals surface area contributed by atoms with Crippen LogP contribution >= 0.6 is 15.9 Å². The molecule has 0 unspecified atom stereocenters. The molecule has 0 aliphatic rings. The summed E-state index contributed by atoms with van der Waals surface area (Å²) in [5.41, 5.74) is 2.61. The number of nitrogens with one attached hydrogen (secondary N) is 1. The van der Waals surface area contributed by atoms with Gasteiger partial charge in [-0.3, -0.25) is 4.79 Å². The topological polar surface area (TPSA) is 87.0 Å². The second-order valence-corrected chi connectivity index (χ2v) is 6.62. The first-order chi connectivity index (χ1) is 12.3. The molecule has 1 heterocycles. The van der Waals surface area contributed by atoms with Crippen molar-refractivity contribution in [3.8, 4) is 11.6 Å². The number of rotatable bonds is 4. The van der Waals surface area contributed by atoms with E-state index in [0.717, 1.165) is 11.1 Å². The first-order valence-corrected chi connectivity index (χ1v) is 8.48. The average Bonchev–Trinajstić information content (AvgIpc) is 2.90. The van der Waals surface area contributed by atoms with Gasteiger partial charge in [0.05, 0.1) is 5.52 Å². The number of fused-ring (bicyclic) bond motifs is 1. The minimum atomic E-state index is -0.632. The summed E-state index contributed by atoms with van der Waals surface area (Å²) in [4.78, 5) is 14.5. The van der Waals surface area contributed by atoms with Gasteiger partial charge in [-0.25, -0.2) is 4.39 Å². The van der Waals surface area contributed by atoms with Crippen molar-refractivity contribution in [2.24, 2.45) is 10.2 Å². The van der Waals surface area contributed by atoms with Gasteiger partial charge in [0.15, 0.2) is 12.3 Å². The van der Waals surface area contributed by atoms with Crippen LogP contribution in [0.15, 0.2) is 45.0 Å². The normalized spacial score (nSPS) is 11.4. The zero-order chi connectivity index (χ0) is 18.8. The zero-order valence-corrected chi connectivity index (χ0v) is 15.6. The van der Waals surface area contributed by atoms with Crippen molar-refractivity contribution >= 4 is 38.4 Å². The van der Waals surface area contributed by atoms with Crippen molar-refractivity contribution in [3.63, 3.8) is 0 Å². The Morgan fingerprint density at radius 1 is 1.27 bits per heavy atom. The van der Waals surface area contributed by atoms with Gasteiger partial charge >= 0.3 is 5.91 Å². The molecule has 0 bridgehead atoms. The van der Waals surface area contributed by atoms with Crippen LogP contribution in [0.5, 0.6) is 11.6 Å². The minimum absolute atomic E-state index is 0.0141. The Labute approximate surface area is 156 Å². The van der Waals surface area contributed by atoms with Crippen LogP contribution in [0, 0.1) is 19.7 Å². The monoisotopic (exact) mass is 419 g/mol. The fraction of sp³-hybridized carbons (Fsp3) is 0.167. The van der Waals surface area contributed by atoms with Gasteiger partial charge in [-0.1, -0.05) is 6.07 Å². The highest BCUT2D eigenvalue weighted by atomic mass is 79.9. The number of halogens is 2. The van der Waals surface area contributed by atoms with E-state index in [9.17, 15) is 14.3 Å². The molecule has 0 aliphatic heterocycles. The maximum Gasteiger partial charge on any atom is 0.302 e. The number of azo groups is 1. The number of carbonyl (C=O) groups excluding carboxylic acids is 1. The van der Waals surface area contributed by atoms with Crippen molar-refractivity contribution in [1.29, 1.82) is 0 Å². The molecule has 2 N–H and O–H groups in total. The van der Waals surface area contributed by atoms with Gasteiger partial charge in [0.2, 0.25) is 5.88 Å². The fourth-order valence-electron chi connectivity index (χ4n) is 2.38. The molecule has 1 aromatic heterocycles. The molecule has 0 aliphatic carbocycles. The lowest BCUT2D eigenvalue weighted by molar-refractivity contribution is -0.120. The van der Waals surface area contributed by atoms with Crippen molar-refractivity contribution in [2.75, 3.05) is 6.61 Å². The number of H-pyrrole nitrogens is 1. The van der Waals surface area contributed by atoms with E-state index in [1.165, 1.54) is 12.1 Å². The van der Waals surface area contributed by atoms with Crippen molar-refractivity contribution in [2.45, 2.75) is 13.8 Å². The maximum atomic E-state index is 13.6. The van der Waals surface area contributed by atoms with Crippen LogP contribution < -0.4 is 4.74 Å². The van der Waals surface area contributed by atoms with Crippen molar-refractivity contribution in [1.82, 2.24) is 4.98 Å². The molecule has 0 fully saturated rings. The van der Waals surface area contributed by atoms with Gasteiger partial charge in [0.1, 0.15) is 11.6 Å². The highest BCUT2D eigenvalue weighted by Crippen LogP contribution is 2.39. The van der Waals surface area contributed by atoms with E-state index in [1.807, 2.05) is 26.0 Å². The number of amides is 1. The molecule has 6 nitrogen and oxygen atoms in total. The summed E-state index contributed by atoms with van der Waals surface area (Å²) in [7, 11) is 0. The molecular formula is C18H15BrFN3O3. The van der Waals surface area contributed by atoms with Crippen LogP contribution in [-0.4, -0.2) is 22.6 Å². The summed E-state index contributed by atoms with van der Waals surface area (Å²) in [6, 6.07) is 7.93. The molecule has 0 atom stereocenters. The summed E-state index contributed by atoms with van der Waals surface area (Å²) < 4.78 is 19.4. The summed E-state index contributed by atoms with van der Waals surface area (Å²) in [6.45, 7) is 3.63. The summed E-state index contributed by atoms with van der Waals surface area (Å²) in [5.74, 6) is -0.896. The minimum Gasteiger partial charge on any atom is -0.493 e. The Kier molecular flexibility index (Phi) is 5.03. The lowest BCUT2D eigenvalue weighted by atomic mass is 10.1. The third-order valence-corrected chi connectivity index (χ3v) is 4.51. The molecule has 3 rings (SSSR count). The van der Waals surface area contributed by atoms with E-state index in [2.05, 4.69) is 31.1 Å². The molecule has 8 heteroatoms. The number of hydrogen-bond donors (Lipinski definition) is 2. The van der Waals surface area contributed by atoms with Crippen molar-refractivity contribution < 1.29 is 19.0 Å². The van der Waals surface area contributed by atoms with Crippen LogP contribution in [0.1, 0.15) is 11.1 Å². The number of nitrogens with zero attached hydrogens (tertiary/aromatic N) is 2. The average molecular weight is 420 g/mol. The van der Waals surface area contributed by atoms with Gasteiger partial charge in [0.25, 0.3) is 0 Å². The molecule has 0 saturated heterocycles. The quantitative estimate of drug-likeness (QED) is 0.577. The van der Waals surface area contributed by atoms with E-state index in [4.69, 9.17) is 4.74 Å². The molecule has 134 valence electrons. The van der Waals surface area contributed by atoms with Crippen LogP contribution in [0.2, 0.25) is 0 Å². The number of ether oxygens (including phenoxy) is 1. The third-order valence-electron chi connectivity index (χ3n) is 3.88. The highest BCUT2D eigenvalue weighted by Gasteiger charge is 2.15. The third kappa shape index (κ3) is 3.75. The molecular weight excluding hydrogens is 405 g/mol. The van der Waals surface area contributed by atoms with E-state index in [1.54, 1.807) is 6.07 Å². The number of carbonyl (C=O) groups is 1. The maximum absolute atomic E-state index is 13.6. The van der Waals surface area contributed by atoms with Crippen molar-refractivity contribution in [3.05, 3.63) is 51.7 Å². The second kappa shape index (κ2) is 7.25. The first kappa shape index (κ1) is 18.1. The molecule has 0 saturated carbocycles. The first-order valence-electron chi connectivity index (χ1n) is 7.69. The molecule has 3 aromatic rings. The smallest absolute Gasteiger partial charge is 0.302 e. The van der Waals surface area contributed by atoms with Gasteiger partial charge in [-0.2, -0.15) is 0 Å². The van der Waals surface area contributed by atoms with E-state index in [0.29, 0.717) is 21.1 Å². The largest absolute Gasteiger partial charge is 0.493 e. The number of aromatic nitrogens is 1. The molecule has 1 amide bonds. The molecule has 2 aromatic carbocycles. The Balaban J connectivity index is 1.75. The van der Waals surface area contributed by atoms with Gasteiger partial charge in [-0.05, 0) is 65.2 Å². The Bertz CT molecular complexity index is 1030. The molecule has 0 spiro atoms. The number of aryl methyl sites for hydroxylation is 2. The fourth-order valence-corrected chi connectivity index (χ4v) is 2.91.